The minimum atomic E-state index is -0.0836. The van der Waals surface area contributed by atoms with Crippen LogP contribution in [-0.4, -0.2) is 16.2 Å². The van der Waals surface area contributed by atoms with E-state index in [4.69, 9.17) is 0 Å². The molecular weight excluding hydrogens is 210 g/mol. The Bertz CT molecular complexity index is 515. The van der Waals surface area contributed by atoms with E-state index in [1.165, 1.54) is 10.9 Å². The molecule has 3 rings (SSSR count). The summed E-state index contributed by atoms with van der Waals surface area (Å²) in [6, 6.07) is 10.5. The summed E-state index contributed by atoms with van der Waals surface area (Å²) in [6.45, 7) is 0. The van der Waals surface area contributed by atoms with Gasteiger partial charge in [0.05, 0.1) is 11.6 Å². The first kappa shape index (κ1) is 10.7. The Morgan fingerprint density at radius 2 is 1.82 bits per heavy atom. The van der Waals surface area contributed by atoms with Gasteiger partial charge in [-0.2, -0.15) is 0 Å². The van der Waals surface area contributed by atoms with Crippen LogP contribution in [0.2, 0.25) is 0 Å². The SMILES string of the molecule is OC1CCC(c2cnc3ccccc3c2)CC1. The first-order valence-corrected chi connectivity index (χ1v) is 6.36. The smallest absolute Gasteiger partial charge is 0.0702 e. The quantitative estimate of drug-likeness (QED) is 0.811. The number of aromatic nitrogens is 1. The maximum absolute atomic E-state index is 9.53. The second-order valence-electron chi connectivity index (χ2n) is 4.97. The molecule has 88 valence electrons. The van der Waals surface area contributed by atoms with Gasteiger partial charge in [0, 0.05) is 11.6 Å². The van der Waals surface area contributed by atoms with Gasteiger partial charge in [-0.15, -0.1) is 0 Å². The van der Waals surface area contributed by atoms with Crippen LogP contribution in [0.3, 0.4) is 0 Å². The molecule has 1 saturated carbocycles. The molecule has 1 aromatic heterocycles. The summed E-state index contributed by atoms with van der Waals surface area (Å²) in [5, 5.41) is 10.7. The maximum atomic E-state index is 9.53. The molecule has 2 aromatic rings. The van der Waals surface area contributed by atoms with Crippen molar-refractivity contribution in [3.63, 3.8) is 0 Å². The molecule has 1 aromatic carbocycles. The van der Waals surface area contributed by atoms with Crippen molar-refractivity contribution < 1.29 is 5.11 Å². The molecule has 17 heavy (non-hydrogen) atoms. The summed E-state index contributed by atoms with van der Waals surface area (Å²) >= 11 is 0. The highest BCUT2D eigenvalue weighted by Gasteiger charge is 2.20. The number of fused-ring (bicyclic) bond motifs is 1. The van der Waals surface area contributed by atoms with Crippen molar-refractivity contribution in [1.29, 1.82) is 0 Å². The molecule has 0 unspecified atom stereocenters. The fourth-order valence-electron chi connectivity index (χ4n) is 2.72. The van der Waals surface area contributed by atoms with Crippen LogP contribution in [0.4, 0.5) is 0 Å². The third-order valence-corrected chi connectivity index (χ3v) is 3.78. The molecule has 1 aliphatic rings. The van der Waals surface area contributed by atoms with Crippen LogP contribution in [0, 0.1) is 0 Å². The molecule has 0 atom stereocenters. The number of aliphatic hydroxyl groups excluding tert-OH is 1. The zero-order valence-electron chi connectivity index (χ0n) is 9.84. The summed E-state index contributed by atoms with van der Waals surface area (Å²) < 4.78 is 0. The molecule has 0 bridgehead atoms. The summed E-state index contributed by atoms with van der Waals surface area (Å²) in [4.78, 5) is 4.51. The standard InChI is InChI=1S/C15H17NO/c17-14-7-5-11(6-8-14)13-9-12-3-1-2-4-15(12)16-10-13/h1-4,9-11,14,17H,5-8H2. The molecule has 1 fully saturated rings. The molecule has 0 radical (unpaired) electrons. The van der Waals surface area contributed by atoms with E-state index in [1.54, 1.807) is 0 Å². The number of pyridine rings is 1. The molecule has 0 saturated heterocycles. The Labute approximate surface area is 101 Å². The van der Waals surface area contributed by atoms with Gasteiger partial charge in [0.2, 0.25) is 0 Å². The number of hydrogen-bond acceptors (Lipinski definition) is 2. The normalized spacial score (nSPS) is 25.0. The van der Waals surface area contributed by atoms with Crippen molar-refractivity contribution >= 4 is 10.9 Å². The number of nitrogens with zero attached hydrogens (tertiary/aromatic N) is 1. The van der Waals surface area contributed by atoms with Gasteiger partial charge < -0.3 is 5.11 Å². The van der Waals surface area contributed by atoms with E-state index in [0.29, 0.717) is 5.92 Å². The van der Waals surface area contributed by atoms with Crippen LogP contribution in [0.5, 0.6) is 0 Å². The molecule has 0 aliphatic heterocycles. The predicted molar refractivity (Wildman–Crippen MR) is 69.0 cm³/mol. The fourth-order valence-corrected chi connectivity index (χ4v) is 2.72. The van der Waals surface area contributed by atoms with Crippen molar-refractivity contribution in [2.24, 2.45) is 0 Å². The first-order valence-electron chi connectivity index (χ1n) is 6.36. The highest BCUT2D eigenvalue weighted by atomic mass is 16.3. The number of rotatable bonds is 1. The van der Waals surface area contributed by atoms with Crippen LogP contribution in [0.15, 0.2) is 36.5 Å². The molecule has 2 nitrogen and oxygen atoms in total. The van der Waals surface area contributed by atoms with E-state index < -0.39 is 0 Å². The average molecular weight is 227 g/mol. The van der Waals surface area contributed by atoms with Crippen molar-refractivity contribution in [3.8, 4) is 0 Å². The lowest BCUT2D eigenvalue weighted by Gasteiger charge is -2.25. The van der Waals surface area contributed by atoms with E-state index in [-0.39, 0.29) is 6.10 Å². The van der Waals surface area contributed by atoms with Crippen molar-refractivity contribution in [3.05, 3.63) is 42.1 Å². The molecule has 1 N–H and O–H groups in total. The second kappa shape index (κ2) is 4.46. The molecular formula is C15H17NO. The van der Waals surface area contributed by atoms with Crippen LogP contribution < -0.4 is 0 Å². The number of aliphatic hydroxyl groups is 1. The highest BCUT2D eigenvalue weighted by Crippen LogP contribution is 2.33. The van der Waals surface area contributed by atoms with Gasteiger partial charge in [0.25, 0.3) is 0 Å². The molecule has 1 heterocycles. The van der Waals surface area contributed by atoms with E-state index in [9.17, 15) is 5.11 Å². The Hall–Kier alpha value is -1.41. The molecule has 0 spiro atoms. The van der Waals surface area contributed by atoms with Crippen molar-refractivity contribution in [2.75, 3.05) is 0 Å². The first-order chi connectivity index (χ1) is 8.33. The van der Waals surface area contributed by atoms with Gasteiger partial charge in [-0.1, -0.05) is 18.2 Å². The number of hydrogen-bond donors (Lipinski definition) is 1. The Morgan fingerprint density at radius 1 is 1.06 bits per heavy atom. The van der Waals surface area contributed by atoms with Gasteiger partial charge in [-0.25, -0.2) is 0 Å². The Balaban J connectivity index is 1.90. The van der Waals surface area contributed by atoms with Gasteiger partial charge in [-0.3, -0.25) is 4.98 Å². The summed E-state index contributed by atoms with van der Waals surface area (Å²) in [7, 11) is 0. The Morgan fingerprint density at radius 3 is 2.65 bits per heavy atom. The van der Waals surface area contributed by atoms with Crippen molar-refractivity contribution in [1.82, 2.24) is 4.98 Å². The van der Waals surface area contributed by atoms with E-state index >= 15 is 0 Å². The second-order valence-corrected chi connectivity index (χ2v) is 4.97. The van der Waals surface area contributed by atoms with Gasteiger partial charge >= 0.3 is 0 Å². The van der Waals surface area contributed by atoms with Gasteiger partial charge in [0.1, 0.15) is 0 Å². The van der Waals surface area contributed by atoms with Crippen LogP contribution >= 0.6 is 0 Å². The lowest BCUT2D eigenvalue weighted by molar-refractivity contribution is 0.122. The number of para-hydroxylation sites is 1. The van der Waals surface area contributed by atoms with Gasteiger partial charge in [-0.05, 0) is 49.3 Å². The molecule has 0 amide bonds. The lowest BCUT2D eigenvalue weighted by Crippen LogP contribution is -2.17. The number of benzene rings is 1. The summed E-state index contributed by atoms with van der Waals surface area (Å²) in [5.41, 5.74) is 2.39. The maximum Gasteiger partial charge on any atom is 0.0702 e. The van der Waals surface area contributed by atoms with Gasteiger partial charge in [0.15, 0.2) is 0 Å². The average Bonchev–Trinajstić information content (AvgIpc) is 2.39. The summed E-state index contributed by atoms with van der Waals surface area (Å²) in [6.07, 6.45) is 5.95. The summed E-state index contributed by atoms with van der Waals surface area (Å²) in [5.74, 6) is 0.579. The fraction of sp³-hybridized carbons (Fsp3) is 0.400. The third kappa shape index (κ3) is 2.18. The Kier molecular flexibility index (Phi) is 2.81. The van der Waals surface area contributed by atoms with Crippen LogP contribution in [0.25, 0.3) is 10.9 Å². The largest absolute Gasteiger partial charge is 0.393 e. The zero-order valence-corrected chi connectivity index (χ0v) is 9.84. The zero-order chi connectivity index (χ0) is 11.7. The monoisotopic (exact) mass is 227 g/mol. The molecule has 2 heteroatoms. The predicted octanol–water partition coefficient (Wildman–Crippen LogP) is 3.25. The lowest BCUT2D eigenvalue weighted by atomic mass is 9.83. The van der Waals surface area contributed by atoms with Crippen LogP contribution in [-0.2, 0) is 0 Å². The topological polar surface area (TPSA) is 33.1 Å². The van der Waals surface area contributed by atoms with Crippen molar-refractivity contribution in [2.45, 2.75) is 37.7 Å². The molecule has 1 aliphatic carbocycles. The third-order valence-electron chi connectivity index (χ3n) is 3.78. The van der Waals surface area contributed by atoms with E-state index in [2.05, 4.69) is 23.2 Å². The highest BCUT2D eigenvalue weighted by molar-refractivity contribution is 5.78. The van der Waals surface area contributed by atoms with E-state index in [1.807, 2.05) is 18.3 Å². The minimum absolute atomic E-state index is 0.0836. The minimum Gasteiger partial charge on any atom is -0.393 e. The van der Waals surface area contributed by atoms with E-state index in [0.717, 1.165) is 31.2 Å². The van der Waals surface area contributed by atoms with Crippen LogP contribution in [0.1, 0.15) is 37.2 Å².